The Hall–Kier alpha value is -1.36. The van der Waals surface area contributed by atoms with E-state index >= 15 is 0 Å². The van der Waals surface area contributed by atoms with Crippen LogP contribution in [0.1, 0.15) is 64.8 Å². The average molecular weight is 267 g/mol. The molecule has 0 aliphatic heterocycles. The average Bonchev–Trinajstić information content (AvgIpc) is 2.34. The molecular formula is C14H25N3O2. The van der Waals surface area contributed by atoms with E-state index in [1.165, 1.54) is 0 Å². The molecule has 19 heavy (non-hydrogen) atoms. The van der Waals surface area contributed by atoms with E-state index in [0.717, 1.165) is 12.8 Å². The number of hydrogen-bond donors (Lipinski definition) is 2. The standard InChI is InChI=1S/C14H25N3O2/c1-6-14(7-2,19-8-3)13-16-11(15)10(9(4)5)12(18)17-13/h9H,6-8H2,1-5H3,(H3,15,16,17,18). The van der Waals surface area contributed by atoms with Crippen LogP contribution in [-0.2, 0) is 10.3 Å². The van der Waals surface area contributed by atoms with Crippen LogP contribution in [-0.4, -0.2) is 16.6 Å². The number of ether oxygens (including phenoxy) is 1. The van der Waals surface area contributed by atoms with Gasteiger partial charge in [-0.3, -0.25) is 4.79 Å². The second-order valence-electron chi connectivity index (χ2n) is 5.00. The maximum Gasteiger partial charge on any atom is 0.256 e. The summed E-state index contributed by atoms with van der Waals surface area (Å²) in [5.74, 6) is 0.890. The summed E-state index contributed by atoms with van der Waals surface area (Å²) >= 11 is 0. The van der Waals surface area contributed by atoms with Gasteiger partial charge in [-0.2, -0.15) is 0 Å². The van der Waals surface area contributed by atoms with Gasteiger partial charge in [0.05, 0.1) is 5.56 Å². The van der Waals surface area contributed by atoms with Crippen molar-refractivity contribution in [3.8, 4) is 0 Å². The number of rotatable bonds is 6. The van der Waals surface area contributed by atoms with E-state index in [1.54, 1.807) is 0 Å². The van der Waals surface area contributed by atoms with Crippen molar-refractivity contribution in [2.45, 2.75) is 59.0 Å². The number of nitrogens with one attached hydrogen (secondary N) is 1. The topological polar surface area (TPSA) is 81.0 Å². The highest BCUT2D eigenvalue weighted by Crippen LogP contribution is 2.31. The molecule has 1 aromatic heterocycles. The Morgan fingerprint density at radius 1 is 1.32 bits per heavy atom. The van der Waals surface area contributed by atoms with Gasteiger partial charge in [-0.05, 0) is 25.7 Å². The maximum absolute atomic E-state index is 12.2. The molecule has 5 nitrogen and oxygen atoms in total. The van der Waals surface area contributed by atoms with E-state index in [1.807, 2.05) is 34.6 Å². The lowest BCUT2D eigenvalue weighted by Gasteiger charge is -2.30. The Kier molecular flexibility index (Phi) is 5.11. The van der Waals surface area contributed by atoms with Gasteiger partial charge in [0.15, 0.2) is 0 Å². The Balaban J connectivity index is 3.39. The third kappa shape index (κ3) is 2.97. The fourth-order valence-electron chi connectivity index (χ4n) is 2.41. The number of aromatic nitrogens is 2. The Labute approximate surface area is 114 Å². The van der Waals surface area contributed by atoms with Crippen molar-refractivity contribution >= 4 is 5.82 Å². The van der Waals surface area contributed by atoms with Crippen LogP contribution in [0, 0.1) is 0 Å². The number of hydrogen-bond acceptors (Lipinski definition) is 4. The summed E-state index contributed by atoms with van der Waals surface area (Å²) in [5, 5.41) is 0. The number of anilines is 1. The van der Waals surface area contributed by atoms with Crippen molar-refractivity contribution in [2.24, 2.45) is 0 Å². The van der Waals surface area contributed by atoms with Crippen LogP contribution in [0.3, 0.4) is 0 Å². The normalized spacial score (nSPS) is 12.1. The molecular weight excluding hydrogens is 242 g/mol. The molecule has 1 aromatic rings. The first-order chi connectivity index (χ1) is 8.91. The number of nitrogen functional groups attached to an aromatic ring is 1. The van der Waals surface area contributed by atoms with E-state index in [4.69, 9.17) is 10.5 Å². The summed E-state index contributed by atoms with van der Waals surface area (Å²) in [6.45, 7) is 10.4. The maximum atomic E-state index is 12.2. The quantitative estimate of drug-likeness (QED) is 0.830. The van der Waals surface area contributed by atoms with Gasteiger partial charge >= 0.3 is 0 Å². The van der Waals surface area contributed by atoms with Crippen molar-refractivity contribution in [1.29, 1.82) is 0 Å². The van der Waals surface area contributed by atoms with Crippen LogP contribution < -0.4 is 11.3 Å². The fourth-order valence-corrected chi connectivity index (χ4v) is 2.41. The van der Waals surface area contributed by atoms with E-state index in [0.29, 0.717) is 23.8 Å². The number of aromatic amines is 1. The molecule has 0 saturated heterocycles. The lowest BCUT2D eigenvalue weighted by molar-refractivity contribution is -0.0572. The molecule has 0 saturated carbocycles. The minimum atomic E-state index is -0.558. The highest BCUT2D eigenvalue weighted by Gasteiger charge is 2.32. The fraction of sp³-hybridized carbons (Fsp3) is 0.714. The molecule has 0 aromatic carbocycles. The van der Waals surface area contributed by atoms with Crippen LogP contribution in [0.4, 0.5) is 5.82 Å². The summed E-state index contributed by atoms with van der Waals surface area (Å²) in [7, 11) is 0. The first-order valence-corrected chi connectivity index (χ1v) is 6.95. The van der Waals surface area contributed by atoms with Gasteiger partial charge in [-0.1, -0.05) is 27.7 Å². The van der Waals surface area contributed by atoms with Crippen LogP contribution in [0.25, 0.3) is 0 Å². The molecule has 0 amide bonds. The molecule has 0 atom stereocenters. The van der Waals surface area contributed by atoms with Crippen LogP contribution >= 0.6 is 0 Å². The molecule has 0 fully saturated rings. The minimum Gasteiger partial charge on any atom is -0.383 e. The van der Waals surface area contributed by atoms with E-state index in [9.17, 15) is 4.79 Å². The summed E-state index contributed by atoms with van der Waals surface area (Å²) < 4.78 is 5.84. The van der Waals surface area contributed by atoms with Gasteiger partial charge in [0.1, 0.15) is 17.2 Å². The van der Waals surface area contributed by atoms with E-state index in [2.05, 4.69) is 9.97 Å². The number of nitrogens with two attached hydrogens (primary N) is 1. The summed E-state index contributed by atoms with van der Waals surface area (Å²) in [4.78, 5) is 19.4. The number of nitrogens with zero attached hydrogens (tertiary/aromatic N) is 1. The third-order valence-corrected chi connectivity index (χ3v) is 3.56. The first kappa shape index (κ1) is 15.7. The molecule has 5 heteroatoms. The highest BCUT2D eigenvalue weighted by atomic mass is 16.5. The molecule has 0 spiro atoms. The minimum absolute atomic E-state index is 0.0510. The largest absolute Gasteiger partial charge is 0.383 e. The highest BCUT2D eigenvalue weighted by molar-refractivity contribution is 5.40. The Morgan fingerprint density at radius 2 is 1.89 bits per heavy atom. The molecule has 1 rings (SSSR count). The molecule has 0 aliphatic carbocycles. The second kappa shape index (κ2) is 6.19. The Morgan fingerprint density at radius 3 is 2.26 bits per heavy atom. The SMILES string of the molecule is CCOC(CC)(CC)c1nc(N)c(C(C)C)c(=O)[nH]1. The number of H-pyrrole nitrogens is 1. The summed E-state index contributed by atoms with van der Waals surface area (Å²) in [5.41, 5.74) is 5.76. The summed E-state index contributed by atoms with van der Waals surface area (Å²) in [6.07, 6.45) is 1.47. The van der Waals surface area contributed by atoms with Gasteiger partial charge in [0.2, 0.25) is 0 Å². The molecule has 0 radical (unpaired) electrons. The van der Waals surface area contributed by atoms with Crippen molar-refractivity contribution < 1.29 is 4.74 Å². The zero-order valence-electron chi connectivity index (χ0n) is 12.5. The lowest BCUT2D eigenvalue weighted by atomic mass is 9.95. The van der Waals surface area contributed by atoms with Gasteiger partial charge in [0.25, 0.3) is 5.56 Å². The third-order valence-electron chi connectivity index (χ3n) is 3.56. The van der Waals surface area contributed by atoms with Crippen molar-refractivity contribution in [3.05, 3.63) is 21.7 Å². The monoisotopic (exact) mass is 267 g/mol. The van der Waals surface area contributed by atoms with Crippen molar-refractivity contribution in [3.63, 3.8) is 0 Å². The van der Waals surface area contributed by atoms with Crippen LogP contribution in [0.5, 0.6) is 0 Å². The predicted molar refractivity (Wildman–Crippen MR) is 77.2 cm³/mol. The molecule has 0 unspecified atom stereocenters. The van der Waals surface area contributed by atoms with Gasteiger partial charge in [-0.25, -0.2) is 4.98 Å². The smallest absolute Gasteiger partial charge is 0.256 e. The molecule has 1 heterocycles. The van der Waals surface area contributed by atoms with Crippen molar-refractivity contribution in [2.75, 3.05) is 12.3 Å². The second-order valence-corrected chi connectivity index (χ2v) is 5.00. The summed E-state index contributed by atoms with van der Waals surface area (Å²) in [6, 6.07) is 0. The Bertz CT molecular complexity index is 476. The molecule has 3 N–H and O–H groups in total. The predicted octanol–water partition coefficient (Wildman–Crippen LogP) is 2.53. The lowest BCUT2D eigenvalue weighted by Crippen LogP contribution is -2.34. The van der Waals surface area contributed by atoms with E-state index < -0.39 is 5.60 Å². The molecule has 108 valence electrons. The zero-order chi connectivity index (χ0) is 14.6. The first-order valence-electron chi connectivity index (χ1n) is 6.95. The van der Waals surface area contributed by atoms with Crippen LogP contribution in [0.2, 0.25) is 0 Å². The zero-order valence-corrected chi connectivity index (χ0v) is 12.5. The molecule has 0 bridgehead atoms. The van der Waals surface area contributed by atoms with Crippen LogP contribution in [0.15, 0.2) is 4.79 Å². The van der Waals surface area contributed by atoms with Gasteiger partial charge < -0.3 is 15.5 Å². The van der Waals surface area contributed by atoms with Gasteiger partial charge in [-0.15, -0.1) is 0 Å². The van der Waals surface area contributed by atoms with Gasteiger partial charge in [0, 0.05) is 6.61 Å². The van der Waals surface area contributed by atoms with Crippen molar-refractivity contribution in [1.82, 2.24) is 9.97 Å². The molecule has 0 aliphatic rings. The van der Waals surface area contributed by atoms with E-state index in [-0.39, 0.29) is 11.5 Å².